The third kappa shape index (κ3) is 17.7. The van der Waals surface area contributed by atoms with Gasteiger partial charge >= 0.3 is 11.9 Å². The van der Waals surface area contributed by atoms with Crippen molar-refractivity contribution in [1.82, 2.24) is 0 Å². The lowest BCUT2D eigenvalue weighted by Gasteiger charge is -2.28. The molecule has 0 unspecified atom stereocenters. The quantitative estimate of drug-likeness (QED) is 0.119. The Morgan fingerprint density at radius 2 is 1.18 bits per heavy atom. The predicted molar refractivity (Wildman–Crippen MR) is 133 cm³/mol. The zero-order valence-electron chi connectivity index (χ0n) is 21.5. The summed E-state index contributed by atoms with van der Waals surface area (Å²) in [6.45, 7) is 8.23. The molecule has 0 bridgehead atoms. The number of esters is 2. The molecule has 0 radical (unpaired) electrons. The number of hydrogen-bond donors (Lipinski definition) is 2. The van der Waals surface area contributed by atoms with Crippen LogP contribution in [0.5, 0.6) is 0 Å². The summed E-state index contributed by atoms with van der Waals surface area (Å²) in [6, 6.07) is 0. The molecule has 194 valence electrons. The van der Waals surface area contributed by atoms with Crippen molar-refractivity contribution in [3.63, 3.8) is 0 Å². The van der Waals surface area contributed by atoms with Crippen LogP contribution in [0.15, 0.2) is 12.2 Å². The lowest BCUT2D eigenvalue weighted by Crippen LogP contribution is -2.41. The van der Waals surface area contributed by atoms with Crippen LogP contribution in [0.4, 0.5) is 0 Å². The highest BCUT2D eigenvalue weighted by Crippen LogP contribution is 2.19. The molecule has 0 fully saturated rings. The van der Waals surface area contributed by atoms with Crippen molar-refractivity contribution in [2.45, 2.75) is 111 Å². The number of aliphatic hydroxyl groups is 2. The van der Waals surface area contributed by atoms with Crippen LogP contribution in [0, 0.1) is 11.3 Å². The summed E-state index contributed by atoms with van der Waals surface area (Å²) in [5.74, 6) is -0.136. The van der Waals surface area contributed by atoms with Gasteiger partial charge in [-0.05, 0) is 19.3 Å². The molecule has 6 heteroatoms. The minimum atomic E-state index is -1.20. The summed E-state index contributed by atoms with van der Waals surface area (Å²) in [7, 11) is 0. The topological polar surface area (TPSA) is 93.1 Å². The van der Waals surface area contributed by atoms with Crippen LogP contribution >= 0.6 is 0 Å². The van der Waals surface area contributed by atoms with Crippen LogP contribution in [-0.2, 0) is 19.1 Å². The third-order valence-corrected chi connectivity index (χ3v) is 5.98. The number of ether oxygens (including phenoxy) is 2. The van der Waals surface area contributed by atoms with Crippen LogP contribution in [0.25, 0.3) is 0 Å². The van der Waals surface area contributed by atoms with Gasteiger partial charge in [0.1, 0.15) is 13.2 Å². The fourth-order valence-electron chi connectivity index (χ4n) is 3.51. The second-order valence-electron chi connectivity index (χ2n) is 10.0. The fourth-order valence-corrected chi connectivity index (χ4v) is 3.51. The molecule has 0 amide bonds. The summed E-state index contributed by atoms with van der Waals surface area (Å²) >= 11 is 0. The van der Waals surface area contributed by atoms with Crippen molar-refractivity contribution in [2.75, 3.05) is 26.4 Å². The van der Waals surface area contributed by atoms with E-state index in [0.717, 1.165) is 25.2 Å². The van der Waals surface area contributed by atoms with Gasteiger partial charge < -0.3 is 19.7 Å². The van der Waals surface area contributed by atoms with E-state index < -0.39 is 24.6 Å². The summed E-state index contributed by atoms with van der Waals surface area (Å²) < 4.78 is 10.3. The Morgan fingerprint density at radius 3 is 1.61 bits per heavy atom. The zero-order chi connectivity index (χ0) is 25.0. The second kappa shape index (κ2) is 20.0. The van der Waals surface area contributed by atoms with E-state index in [2.05, 4.69) is 20.4 Å². The maximum Gasteiger partial charge on any atom is 0.333 e. The van der Waals surface area contributed by atoms with Crippen LogP contribution in [0.3, 0.4) is 0 Å². The number of carbonyl (C=O) groups is 2. The van der Waals surface area contributed by atoms with E-state index in [0.29, 0.717) is 6.42 Å². The van der Waals surface area contributed by atoms with Gasteiger partial charge in [-0.15, -0.1) is 0 Å². The smallest absolute Gasteiger partial charge is 0.333 e. The molecule has 0 saturated heterocycles. The minimum Gasteiger partial charge on any atom is -0.465 e. The second-order valence-corrected chi connectivity index (χ2v) is 10.0. The van der Waals surface area contributed by atoms with Gasteiger partial charge in [0.25, 0.3) is 0 Å². The molecular weight excluding hydrogens is 420 g/mol. The first-order chi connectivity index (χ1) is 15.8. The molecule has 0 rings (SSSR count). The summed E-state index contributed by atoms with van der Waals surface area (Å²) in [5, 5.41) is 19.2. The average Bonchev–Trinajstić information content (AvgIpc) is 2.79. The Kier molecular flexibility index (Phi) is 19.2. The normalized spacial score (nSPS) is 11.6. The molecule has 6 nitrogen and oxygen atoms in total. The van der Waals surface area contributed by atoms with Gasteiger partial charge in [0.15, 0.2) is 0 Å². The van der Waals surface area contributed by atoms with Crippen molar-refractivity contribution in [3.05, 3.63) is 12.2 Å². The third-order valence-electron chi connectivity index (χ3n) is 5.98. The molecule has 0 aromatic carbocycles. The number of carbonyl (C=O) groups excluding carboxylic acids is 2. The highest BCUT2D eigenvalue weighted by molar-refractivity contribution is 5.86. The Balaban J connectivity index is 3.71. The lowest BCUT2D eigenvalue weighted by atomic mass is 9.92. The van der Waals surface area contributed by atoms with E-state index in [1.807, 2.05) is 0 Å². The zero-order valence-corrected chi connectivity index (χ0v) is 21.5. The SMILES string of the molecule is C=C(C)C(=O)OCC(CO)(CO)COC(=O)CCCCCCCCCCCCCCC(C)C. The Hall–Kier alpha value is -1.40. The summed E-state index contributed by atoms with van der Waals surface area (Å²) in [6.07, 6.45) is 16.5. The van der Waals surface area contributed by atoms with Gasteiger partial charge in [-0.3, -0.25) is 4.79 Å². The van der Waals surface area contributed by atoms with Gasteiger partial charge in [-0.2, -0.15) is 0 Å². The Labute approximate surface area is 202 Å². The Bertz CT molecular complexity index is 525. The average molecular weight is 471 g/mol. The first-order valence-electron chi connectivity index (χ1n) is 13.0. The molecule has 0 aliphatic heterocycles. The largest absolute Gasteiger partial charge is 0.465 e. The van der Waals surface area contributed by atoms with E-state index in [4.69, 9.17) is 9.47 Å². The molecule has 0 heterocycles. The molecule has 0 aromatic heterocycles. The van der Waals surface area contributed by atoms with Gasteiger partial charge in [-0.1, -0.05) is 97.5 Å². The van der Waals surface area contributed by atoms with Gasteiger partial charge in [-0.25, -0.2) is 4.79 Å². The lowest BCUT2D eigenvalue weighted by molar-refractivity contribution is -0.157. The highest BCUT2D eigenvalue weighted by Gasteiger charge is 2.33. The van der Waals surface area contributed by atoms with Crippen LogP contribution in [0.1, 0.15) is 111 Å². The molecule has 0 aromatic rings. The molecule has 0 atom stereocenters. The van der Waals surface area contributed by atoms with Crippen LogP contribution in [-0.4, -0.2) is 48.6 Å². The van der Waals surface area contributed by atoms with Crippen LogP contribution < -0.4 is 0 Å². The molecule has 0 spiro atoms. The fraction of sp³-hybridized carbons (Fsp3) is 0.852. The van der Waals surface area contributed by atoms with Gasteiger partial charge in [0.05, 0.1) is 18.6 Å². The van der Waals surface area contributed by atoms with E-state index in [1.165, 1.54) is 71.1 Å². The molecule has 2 N–H and O–H groups in total. The predicted octanol–water partition coefficient (Wildman–Crippen LogP) is 5.74. The molecular formula is C27H50O6. The number of hydrogen-bond acceptors (Lipinski definition) is 6. The number of rotatable bonds is 22. The minimum absolute atomic E-state index is 0.194. The summed E-state index contributed by atoms with van der Waals surface area (Å²) in [5.41, 5.74) is -0.973. The Morgan fingerprint density at radius 1 is 0.758 bits per heavy atom. The molecule has 0 aliphatic carbocycles. The van der Waals surface area contributed by atoms with Gasteiger partial charge in [0, 0.05) is 12.0 Å². The van der Waals surface area contributed by atoms with Crippen molar-refractivity contribution in [3.8, 4) is 0 Å². The first kappa shape index (κ1) is 31.6. The summed E-state index contributed by atoms with van der Waals surface area (Å²) in [4.78, 5) is 23.5. The van der Waals surface area contributed by atoms with E-state index in [-0.39, 0.29) is 24.8 Å². The standard InChI is InChI=1S/C27H50O6/c1-23(2)17-15-13-11-9-7-5-6-8-10-12-14-16-18-25(30)32-21-27(19-28,20-29)22-33-26(31)24(3)4/h23,28-29H,3,5-22H2,1-2,4H3. The van der Waals surface area contributed by atoms with Gasteiger partial charge in [0.2, 0.25) is 0 Å². The maximum atomic E-state index is 12.0. The monoisotopic (exact) mass is 470 g/mol. The maximum absolute atomic E-state index is 12.0. The van der Waals surface area contributed by atoms with E-state index in [1.54, 1.807) is 0 Å². The van der Waals surface area contributed by atoms with Crippen LogP contribution in [0.2, 0.25) is 0 Å². The van der Waals surface area contributed by atoms with E-state index in [9.17, 15) is 19.8 Å². The molecule has 33 heavy (non-hydrogen) atoms. The number of unbranched alkanes of at least 4 members (excludes halogenated alkanes) is 11. The van der Waals surface area contributed by atoms with Crippen molar-refractivity contribution >= 4 is 11.9 Å². The van der Waals surface area contributed by atoms with Crippen molar-refractivity contribution < 1.29 is 29.3 Å². The first-order valence-corrected chi connectivity index (χ1v) is 13.0. The molecule has 0 aliphatic rings. The highest BCUT2D eigenvalue weighted by atomic mass is 16.5. The van der Waals surface area contributed by atoms with E-state index >= 15 is 0 Å². The van der Waals surface area contributed by atoms with Crippen molar-refractivity contribution in [1.29, 1.82) is 0 Å². The van der Waals surface area contributed by atoms with Crippen molar-refractivity contribution in [2.24, 2.45) is 11.3 Å². The molecule has 0 saturated carbocycles. The number of aliphatic hydroxyl groups excluding tert-OH is 2.